The second-order valence-corrected chi connectivity index (χ2v) is 17.7. The zero-order valence-corrected chi connectivity index (χ0v) is 35.8. The fourth-order valence-electron chi connectivity index (χ4n) is 9.09. The maximum Gasteiger partial charge on any atom is 0.407 e. The first-order chi connectivity index (χ1) is 28.9. The van der Waals surface area contributed by atoms with Gasteiger partial charge in [0.05, 0.1) is 74.7 Å². The molecule has 4 N–H and O–H groups in total. The number of aromatic nitrogens is 4. The van der Waals surface area contributed by atoms with Crippen molar-refractivity contribution in [1.82, 2.24) is 40.4 Å². The summed E-state index contributed by atoms with van der Waals surface area (Å²) in [7, 11) is 2.57. The highest BCUT2D eigenvalue weighted by molar-refractivity contribution is 7.19. The number of hydrogen-bond acceptors (Lipinski definition) is 11. The van der Waals surface area contributed by atoms with Crippen molar-refractivity contribution in [3.8, 4) is 32.3 Å². The Morgan fingerprint density at radius 3 is 1.93 bits per heavy atom. The van der Waals surface area contributed by atoms with Crippen molar-refractivity contribution >= 4 is 35.3 Å². The number of nitrogens with zero attached hydrogens (tertiary/aromatic N) is 4. The third-order valence-electron chi connectivity index (χ3n) is 12.2. The van der Waals surface area contributed by atoms with Gasteiger partial charge in [-0.1, -0.05) is 52.0 Å². The van der Waals surface area contributed by atoms with Gasteiger partial charge in [0.1, 0.15) is 23.7 Å². The highest BCUT2D eigenvalue weighted by atomic mass is 32.1. The summed E-state index contributed by atoms with van der Waals surface area (Å²) >= 11 is 1.76. The van der Waals surface area contributed by atoms with Crippen LogP contribution in [0, 0.1) is 11.8 Å². The van der Waals surface area contributed by atoms with E-state index < -0.39 is 36.1 Å². The fraction of sp³-hybridized carbons (Fsp3) is 0.535. The average molecular weight is 843 g/mol. The van der Waals surface area contributed by atoms with E-state index in [2.05, 4.69) is 44.9 Å². The number of imidazole rings is 2. The predicted octanol–water partition coefficient (Wildman–Crippen LogP) is 6.13. The second-order valence-electron chi connectivity index (χ2n) is 16.7. The molecule has 3 aliphatic heterocycles. The molecule has 3 aromatic heterocycles. The largest absolute Gasteiger partial charge is 0.453 e. The molecule has 60 heavy (non-hydrogen) atoms. The number of amides is 4. The molecular formula is C43H54N8O8S. The van der Waals surface area contributed by atoms with Crippen molar-refractivity contribution < 1.29 is 38.1 Å². The van der Waals surface area contributed by atoms with Gasteiger partial charge in [-0.3, -0.25) is 9.59 Å². The van der Waals surface area contributed by atoms with E-state index in [1.165, 1.54) is 35.1 Å². The smallest absolute Gasteiger partial charge is 0.407 e. The summed E-state index contributed by atoms with van der Waals surface area (Å²) in [5.74, 6) is -0.259. The summed E-state index contributed by atoms with van der Waals surface area (Å²) in [6.07, 6.45) is 7.49. The van der Waals surface area contributed by atoms with Crippen LogP contribution in [0.2, 0.25) is 0 Å². The van der Waals surface area contributed by atoms with Crippen molar-refractivity contribution in [2.24, 2.45) is 11.8 Å². The van der Waals surface area contributed by atoms with Crippen molar-refractivity contribution in [2.75, 3.05) is 40.5 Å². The highest BCUT2D eigenvalue weighted by Crippen LogP contribution is 2.47. The zero-order valence-electron chi connectivity index (χ0n) is 35.0. The number of methoxy groups -OCH3 is 2. The Morgan fingerprint density at radius 1 is 0.767 bits per heavy atom. The number of likely N-dealkylation sites (tertiary alicyclic amines) is 2. The first-order valence-corrected chi connectivity index (χ1v) is 21.6. The van der Waals surface area contributed by atoms with Crippen LogP contribution in [0.1, 0.15) is 88.2 Å². The minimum Gasteiger partial charge on any atom is -0.453 e. The second kappa shape index (κ2) is 17.0. The summed E-state index contributed by atoms with van der Waals surface area (Å²) in [5.41, 5.74) is 6.55. The average Bonchev–Trinajstić information content (AvgIpc) is 4.10. The number of carbonyl (C=O) groups excluding carboxylic acids is 4. The zero-order chi connectivity index (χ0) is 42.3. The molecule has 1 spiro atoms. The molecule has 1 aliphatic carbocycles. The van der Waals surface area contributed by atoms with Crippen molar-refractivity contribution in [3.63, 3.8) is 0 Å². The number of nitrogens with one attached hydrogen (secondary N) is 4. The van der Waals surface area contributed by atoms with Crippen LogP contribution in [0.15, 0.2) is 36.7 Å². The number of hydrogen-bond donors (Lipinski definition) is 4. The van der Waals surface area contributed by atoms with Crippen molar-refractivity contribution in [1.29, 1.82) is 0 Å². The molecule has 4 amide bonds. The van der Waals surface area contributed by atoms with E-state index in [4.69, 9.17) is 28.9 Å². The van der Waals surface area contributed by atoms with Crippen molar-refractivity contribution in [3.05, 3.63) is 59.4 Å². The summed E-state index contributed by atoms with van der Waals surface area (Å²) in [4.78, 5) is 74.6. The molecule has 16 nitrogen and oxygen atoms in total. The third kappa shape index (κ3) is 7.89. The van der Waals surface area contributed by atoms with Crippen LogP contribution >= 0.6 is 11.3 Å². The predicted molar refractivity (Wildman–Crippen MR) is 223 cm³/mol. The van der Waals surface area contributed by atoms with Gasteiger partial charge in [0.25, 0.3) is 0 Å². The summed E-state index contributed by atoms with van der Waals surface area (Å²) in [6, 6.07) is 6.29. The van der Waals surface area contributed by atoms with Gasteiger partial charge in [-0.2, -0.15) is 0 Å². The van der Waals surface area contributed by atoms with E-state index in [1.54, 1.807) is 22.4 Å². The maximum atomic E-state index is 14.0. The van der Waals surface area contributed by atoms with Gasteiger partial charge < -0.3 is 49.3 Å². The van der Waals surface area contributed by atoms with E-state index in [0.717, 1.165) is 60.4 Å². The number of thiophene rings is 1. The SMILES string of the molecule is COC(=O)N[C@H](C(=O)N1CC2(C[C@H]1c1ncc(-c3ccc(-c4sc(-c5cnc([C@@H]6CCCN6C(=O)[C@@H](NC(=O)OC)C(C)C)[nH]5)c5c4CCC5)cc3)[nH]1)OCCO2)C(C)C. The van der Waals surface area contributed by atoms with Crippen molar-refractivity contribution in [2.45, 2.75) is 96.2 Å². The number of carbonyl (C=O) groups is 4. The molecule has 4 aliphatic rings. The summed E-state index contributed by atoms with van der Waals surface area (Å²) in [5, 5.41) is 5.43. The number of alkyl carbamates (subject to hydrolysis) is 2. The van der Waals surface area contributed by atoms with E-state index in [9.17, 15) is 19.2 Å². The standard InChI is InChI=1S/C43H54N8O8S/c1-23(2)33(48-41(54)56-5)39(52)50-16-8-11-31(50)37-45-21-30(47-37)36-28-10-7-9-27(28)35(60-36)26-14-12-25(13-15-26)29-20-44-38(46-29)32-19-43(58-17-18-59-43)22-51(32)40(53)34(24(3)4)49-42(55)57-6/h12-15,20-21,23-24,31-34H,7-11,16-19,22H2,1-6H3,(H,44,46)(H,45,47)(H,48,54)(H,49,55)/t31-,32-,33-,34-/m0/s1. The number of aromatic amines is 2. The lowest BCUT2D eigenvalue weighted by atomic mass is 10.0. The Labute approximate surface area is 353 Å². The molecule has 3 saturated heterocycles. The quantitative estimate of drug-likeness (QED) is 0.137. The molecule has 0 radical (unpaired) electrons. The minimum atomic E-state index is -0.934. The molecule has 8 rings (SSSR count). The van der Waals surface area contributed by atoms with Gasteiger partial charge in [0.15, 0.2) is 5.79 Å². The van der Waals surface area contributed by atoms with Crippen LogP contribution in [0.4, 0.5) is 9.59 Å². The summed E-state index contributed by atoms with van der Waals surface area (Å²) < 4.78 is 21.7. The fourth-order valence-corrected chi connectivity index (χ4v) is 10.5. The number of benzene rings is 1. The van der Waals surface area contributed by atoms with Crippen LogP contribution in [0.25, 0.3) is 32.3 Å². The lowest BCUT2D eigenvalue weighted by Crippen LogP contribution is -2.52. The molecule has 0 saturated carbocycles. The number of rotatable bonds is 11. The molecule has 4 aromatic rings. The van der Waals surface area contributed by atoms with Gasteiger partial charge in [-0.25, -0.2) is 19.6 Å². The van der Waals surface area contributed by atoms with E-state index in [1.807, 2.05) is 38.8 Å². The topological polar surface area (TPSA) is 193 Å². The van der Waals surface area contributed by atoms with E-state index in [0.29, 0.717) is 32.0 Å². The molecule has 4 atom stereocenters. The molecule has 3 fully saturated rings. The Morgan fingerprint density at radius 2 is 1.32 bits per heavy atom. The van der Waals surface area contributed by atoms with E-state index in [-0.39, 0.29) is 36.2 Å². The first-order valence-electron chi connectivity index (χ1n) is 20.8. The molecule has 0 unspecified atom stereocenters. The van der Waals surface area contributed by atoms with Gasteiger partial charge in [0, 0.05) is 17.8 Å². The third-order valence-corrected chi connectivity index (χ3v) is 13.6. The van der Waals surface area contributed by atoms with Crippen LogP contribution in [-0.2, 0) is 41.4 Å². The Hall–Kier alpha value is -5.26. The highest BCUT2D eigenvalue weighted by Gasteiger charge is 2.53. The normalized spacial score (nSPS) is 20.5. The van der Waals surface area contributed by atoms with Crippen LogP contribution in [0.5, 0.6) is 0 Å². The molecule has 320 valence electrons. The van der Waals surface area contributed by atoms with Gasteiger partial charge in [0.2, 0.25) is 11.8 Å². The van der Waals surface area contributed by atoms with Gasteiger partial charge in [-0.05, 0) is 66.2 Å². The lowest BCUT2D eigenvalue weighted by Gasteiger charge is -2.30. The molecule has 0 bridgehead atoms. The number of H-pyrrole nitrogens is 2. The minimum absolute atomic E-state index is 0.111. The molecular weight excluding hydrogens is 789 g/mol. The molecule has 1 aromatic carbocycles. The number of ether oxygens (including phenoxy) is 4. The first kappa shape index (κ1) is 41.5. The number of fused-ring (bicyclic) bond motifs is 1. The summed E-state index contributed by atoms with van der Waals surface area (Å²) in [6.45, 7) is 9.27. The lowest BCUT2D eigenvalue weighted by molar-refractivity contribution is -0.153. The Kier molecular flexibility index (Phi) is 11.8. The van der Waals surface area contributed by atoms with Crippen LogP contribution < -0.4 is 10.6 Å². The Balaban J connectivity index is 1.01. The monoisotopic (exact) mass is 842 g/mol. The Bertz CT molecular complexity index is 2220. The van der Waals surface area contributed by atoms with Gasteiger partial charge >= 0.3 is 12.2 Å². The van der Waals surface area contributed by atoms with Crippen LogP contribution in [-0.4, -0.2) is 112 Å². The molecule has 6 heterocycles. The van der Waals surface area contributed by atoms with E-state index >= 15 is 0 Å². The van der Waals surface area contributed by atoms with Crippen LogP contribution in [0.3, 0.4) is 0 Å². The molecule has 17 heteroatoms. The van der Waals surface area contributed by atoms with Gasteiger partial charge in [-0.15, -0.1) is 11.3 Å². The maximum absolute atomic E-state index is 14.0.